The first-order valence-corrected chi connectivity index (χ1v) is 7.24. The van der Waals surface area contributed by atoms with Gasteiger partial charge in [-0.1, -0.05) is 36.2 Å². The van der Waals surface area contributed by atoms with Gasteiger partial charge in [0.1, 0.15) is 0 Å². The Kier molecular flexibility index (Phi) is 5.02. The van der Waals surface area contributed by atoms with Crippen LogP contribution in [0.3, 0.4) is 0 Å². The number of nitrogens with zero attached hydrogens (tertiary/aromatic N) is 1. The number of rotatable bonds is 4. The van der Waals surface area contributed by atoms with Gasteiger partial charge < -0.3 is 15.1 Å². The summed E-state index contributed by atoms with van der Waals surface area (Å²) in [5.74, 6) is -0.292. The quantitative estimate of drug-likeness (QED) is 0.893. The molecule has 0 radical (unpaired) electrons. The summed E-state index contributed by atoms with van der Waals surface area (Å²) >= 11 is 5.99. The second kappa shape index (κ2) is 6.57. The minimum Gasteiger partial charge on any atom is -0.393 e. The maximum absolute atomic E-state index is 12.2. The van der Waals surface area contributed by atoms with Crippen molar-refractivity contribution in [3.8, 4) is 0 Å². The van der Waals surface area contributed by atoms with Crippen molar-refractivity contribution in [1.29, 1.82) is 0 Å². The molecule has 3 atom stereocenters. The second-order valence-corrected chi connectivity index (χ2v) is 5.81. The molecule has 4 nitrogen and oxygen atoms in total. The fraction of sp³-hybridized carbons (Fsp3) is 0.533. The molecule has 5 heteroatoms. The third-order valence-corrected chi connectivity index (χ3v) is 4.28. The average molecular weight is 298 g/mol. The standard InChI is InChI=1S/C15H20ClNO3/c1-17(9-10-5-4-8-13(10)18)15(20)14(19)11-6-2-3-7-12(11)16/h2-3,6-7,10,13-14,18-19H,4-5,8-9H2,1H3/t10?,13?,14-/m1/s1. The predicted octanol–water partition coefficient (Wildman–Crippen LogP) is 1.99. The van der Waals surface area contributed by atoms with Crippen LogP contribution < -0.4 is 0 Å². The third kappa shape index (κ3) is 3.32. The highest BCUT2D eigenvalue weighted by Gasteiger charge is 2.30. The van der Waals surface area contributed by atoms with Gasteiger partial charge in [0.2, 0.25) is 0 Å². The Balaban J connectivity index is 2.01. The number of aliphatic hydroxyl groups is 2. The Morgan fingerprint density at radius 2 is 2.15 bits per heavy atom. The monoisotopic (exact) mass is 297 g/mol. The minimum atomic E-state index is -1.26. The van der Waals surface area contributed by atoms with E-state index in [4.69, 9.17) is 11.6 Å². The Bertz CT molecular complexity index is 480. The van der Waals surface area contributed by atoms with Crippen molar-refractivity contribution in [3.05, 3.63) is 34.9 Å². The SMILES string of the molecule is CN(CC1CCCC1O)C(=O)[C@H](O)c1ccccc1Cl. The fourth-order valence-electron chi connectivity index (χ4n) is 2.71. The zero-order valence-corrected chi connectivity index (χ0v) is 12.3. The van der Waals surface area contributed by atoms with Crippen LogP contribution in [0, 0.1) is 5.92 Å². The van der Waals surface area contributed by atoms with Crippen molar-refractivity contribution >= 4 is 17.5 Å². The average Bonchev–Trinajstić information content (AvgIpc) is 2.83. The minimum absolute atomic E-state index is 0.0994. The number of carbonyl (C=O) groups excluding carboxylic acids is 1. The lowest BCUT2D eigenvalue weighted by Gasteiger charge is -2.25. The van der Waals surface area contributed by atoms with E-state index in [1.54, 1.807) is 31.3 Å². The van der Waals surface area contributed by atoms with Crippen LogP contribution in [0.25, 0.3) is 0 Å². The number of benzene rings is 1. The Labute approximate surface area is 124 Å². The van der Waals surface area contributed by atoms with Crippen LogP contribution in [-0.4, -0.2) is 40.7 Å². The maximum atomic E-state index is 12.2. The van der Waals surface area contributed by atoms with E-state index in [2.05, 4.69) is 0 Å². The molecular weight excluding hydrogens is 278 g/mol. The van der Waals surface area contributed by atoms with Gasteiger partial charge in [-0.05, 0) is 18.9 Å². The summed E-state index contributed by atoms with van der Waals surface area (Å²) in [6, 6.07) is 6.78. The summed E-state index contributed by atoms with van der Waals surface area (Å²) in [6.45, 7) is 0.460. The number of amides is 1. The van der Waals surface area contributed by atoms with Gasteiger partial charge in [0.15, 0.2) is 6.10 Å². The van der Waals surface area contributed by atoms with Gasteiger partial charge in [-0.25, -0.2) is 0 Å². The van der Waals surface area contributed by atoms with Gasteiger partial charge in [0, 0.05) is 30.1 Å². The molecule has 1 amide bonds. The van der Waals surface area contributed by atoms with Crippen molar-refractivity contribution in [2.45, 2.75) is 31.5 Å². The molecule has 1 fully saturated rings. The van der Waals surface area contributed by atoms with Gasteiger partial charge in [0.25, 0.3) is 5.91 Å². The normalized spacial score (nSPS) is 23.6. The highest BCUT2D eigenvalue weighted by Crippen LogP contribution is 2.28. The molecule has 1 saturated carbocycles. The number of hydrogen-bond donors (Lipinski definition) is 2. The van der Waals surface area contributed by atoms with Crippen LogP contribution in [0.15, 0.2) is 24.3 Å². The lowest BCUT2D eigenvalue weighted by Crippen LogP contribution is -2.37. The van der Waals surface area contributed by atoms with Crippen LogP contribution >= 0.6 is 11.6 Å². The van der Waals surface area contributed by atoms with E-state index in [0.717, 1.165) is 19.3 Å². The van der Waals surface area contributed by atoms with Crippen LogP contribution in [0.4, 0.5) is 0 Å². The van der Waals surface area contributed by atoms with Crippen molar-refractivity contribution in [2.75, 3.05) is 13.6 Å². The van der Waals surface area contributed by atoms with E-state index in [1.165, 1.54) is 4.90 Å². The first-order chi connectivity index (χ1) is 9.50. The molecule has 0 spiro atoms. The molecule has 1 aromatic carbocycles. The van der Waals surface area contributed by atoms with Gasteiger partial charge in [-0.3, -0.25) is 4.79 Å². The van der Waals surface area contributed by atoms with E-state index in [1.807, 2.05) is 0 Å². The highest BCUT2D eigenvalue weighted by atomic mass is 35.5. The summed E-state index contributed by atoms with van der Waals surface area (Å²) in [5, 5.41) is 20.3. The largest absolute Gasteiger partial charge is 0.393 e. The summed E-state index contributed by atoms with van der Waals surface area (Å²) < 4.78 is 0. The molecule has 2 N–H and O–H groups in total. The second-order valence-electron chi connectivity index (χ2n) is 5.40. The molecule has 0 bridgehead atoms. The molecule has 0 aromatic heterocycles. The Morgan fingerprint density at radius 1 is 1.45 bits per heavy atom. The number of carbonyl (C=O) groups is 1. The molecule has 2 rings (SSSR count). The van der Waals surface area contributed by atoms with Crippen LogP contribution in [-0.2, 0) is 4.79 Å². The molecule has 1 aliphatic carbocycles. The topological polar surface area (TPSA) is 60.8 Å². The van der Waals surface area contributed by atoms with Crippen molar-refractivity contribution in [3.63, 3.8) is 0 Å². The van der Waals surface area contributed by atoms with Crippen molar-refractivity contribution in [2.24, 2.45) is 5.92 Å². The molecule has 2 unspecified atom stereocenters. The molecular formula is C15H20ClNO3. The summed E-state index contributed by atoms with van der Waals surface area (Å²) in [7, 11) is 1.65. The van der Waals surface area contributed by atoms with Crippen LogP contribution in [0.1, 0.15) is 30.9 Å². The molecule has 20 heavy (non-hydrogen) atoms. The number of likely N-dealkylation sites (N-methyl/N-ethyl adjacent to an activating group) is 1. The van der Waals surface area contributed by atoms with Gasteiger partial charge in [0.05, 0.1) is 6.10 Å². The summed E-state index contributed by atoms with van der Waals surface area (Å²) in [4.78, 5) is 13.7. The van der Waals surface area contributed by atoms with Gasteiger partial charge in [-0.15, -0.1) is 0 Å². The fourth-order valence-corrected chi connectivity index (χ4v) is 2.95. The molecule has 110 valence electrons. The Hall–Kier alpha value is -1.10. The zero-order valence-electron chi connectivity index (χ0n) is 11.5. The predicted molar refractivity (Wildman–Crippen MR) is 77.4 cm³/mol. The first-order valence-electron chi connectivity index (χ1n) is 6.86. The Morgan fingerprint density at radius 3 is 2.75 bits per heavy atom. The number of halogens is 1. The highest BCUT2D eigenvalue weighted by molar-refractivity contribution is 6.31. The summed E-state index contributed by atoms with van der Waals surface area (Å²) in [6.07, 6.45) is 1.09. The molecule has 0 aliphatic heterocycles. The van der Waals surface area contributed by atoms with E-state index in [9.17, 15) is 15.0 Å². The van der Waals surface area contributed by atoms with E-state index in [-0.39, 0.29) is 12.0 Å². The molecule has 1 aromatic rings. The first kappa shape index (κ1) is 15.3. The summed E-state index contributed by atoms with van der Waals surface area (Å²) in [5.41, 5.74) is 0.415. The van der Waals surface area contributed by atoms with E-state index < -0.39 is 12.0 Å². The lowest BCUT2D eigenvalue weighted by atomic mass is 10.0. The van der Waals surface area contributed by atoms with Crippen LogP contribution in [0.2, 0.25) is 5.02 Å². The van der Waals surface area contributed by atoms with Crippen molar-refractivity contribution in [1.82, 2.24) is 4.90 Å². The smallest absolute Gasteiger partial charge is 0.255 e. The van der Waals surface area contributed by atoms with Gasteiger partial charge in [-0.2, -0.15) is 0 Å². The third-order valence-electron chi connectivity index (χ3n) is 3.94. The lowest BCUT2D eigenvalue weighted by molar-refractivity contribution is -0.140. The maximum Gasteiger partial charge on any atom is 0.255 e. The zero-order chi connectivity index (χ0) is 14.7. The van der Waals surface area contributed by atoms with E-state index >= 15 is 0 Å². The van der Waals surface area contributed by atoms with Crippen molar-refractivity contribution < 1.29 is 15.0 Å². The number of hydrogen-bond acceptors (Lipinski definition) is 3. The van der Waals surface area contributed by atoms with E-state index in [0.29, 0.717) is 17.1 Å². The van der Waals surface area contributed by atoms with Gasteiger partial charge >= 0.3 is 0 Å². The van der Waals surface area contributed by atoms with Crippen LogP contribution in [0.5, 0.6) is 0 Å². The number of aliphatic hydroxyl groups excluding tert-OH is 2. The molecule has 1 aliphatic rings. The molecule has 0 saturated heterocycles. The molecule has 0 heterocycles.